The smallest absolute Gasteiger partial charge is 0.157 e. The predicted octanol–water partition coefficient (Wildman–Crippen LogP) is 3.59. The molecule has 1 aliphatic carbocycles. The van der Waals surface area contributed by atoms with E-state index in [0.29, 0.717) is 6.42 Å². The van der Waals surface area contributed by atoms with E-state index in [4.69, 9.17) is 0 Å². The van der Waals surface area contributed by atoms with Crippen LogP contribution in [0.4, 0.5) is 4.39 Å². The van der Waals surface area contributed by atoms with Crippen LogP contribution in [0.3, 0.4) is 0 Å². The Labute approximate surface area is 121 Å². The van der Waals surface area contributed by atoms with E-state index in [9.17, 15) is 9.18 Å². The maximum absolute atomic E-state index is 12.9. The maximum Gasteiger partial charge on any atom is 0.157 e. The molecule has 20 heavy (non-hydrogen) atoms. The van der Waals surface area contributed by atoms with Gasteiger partial charge in [-0.05, 0) is 44.6 Å². The van der Waals surface area contributed by atoms with Crippen molar-refractivity contribution in [2.24, 2.45) is 0 Å². The molecule has 2 nitrogen and oxygen atoms in total. The highest BCUT2D eigenvalue weighted by molar-refractivity contribution is 5.90. The molecule has 0 radical (unpaired) electrons. The number of rotatable bonds is 4. The summed E-state index contributed by atoms with van der Waals surface area (Å²) in [5.41, 5.74) is 0.576. The van der Waals surface area contributed by atoms with Gasteiger partial charge in [-0.3, -0.25) is 9.69 Å². The molecule has 0 saturated heterocycles. The van der Waals surface area contributed by atoms with Crippen molar-refractivity contribution in [3.63, 3.8) is 0 Å². The Morgan fingerprint density at radius 1 is 1.10 bits per heavy atom. The lowest BCUT2D eigenvalue weighted by Crippen LogP contribution is -2.51. The summed E-state index contributed by atoms with van der Waals surface area (Å²) in [5.74, 6) is 0.0222. The minimum atomic E-state index is -0.328. The summed E-state index contributed by atoms with van der Waals surface area (Å²) >= 11 is 0. The first kappa shape index (κ1) is 15.2. The first-order valence-corrected chi connectivity index (χ1v) is 7.50. The van der Waals surface area contributed by atoms with Gasteiger partial charge in [-0.1, -0.05) is 37.8 Å². The van der Waals surface area contributed by atoms with Crippen molar-refractivity contribution in [3.8, 4) is 0 Å². The average Bonchev–Trinajstić information content (AvgIpc) is 2.68. The van der Waals surface area contributed by atoms with Crippen LogP contribution in [0.25, 0.3) is 0 Å². The molecule has 0 aromatic heterocycles. The number of benzene rings is 1. The zero-order valence-electron chi connectivity index (χ0n) is 12.5. The van der Waals surface area contributed by atoms with Gasteiger partial charge in [0.05, 0.1) is 5.54 Å². The zero-order valence-corrected chi connectivity index (χ0v) is 12.5. The Balaban J connectivity index is 2.16. The minimum Gasteiger partial charge on any atom is -0.297 e. The molecular formula is C17H24FNO. The van der Waals surface area contributed by atoms with E-state index < -0.39 is 0 Å². The summed E-state index contributed by atoms with van der Waals surface area (Å²) in [7, 11) is 4.02. The number of carbonyl (C=O) groups excluding carboxylic acids is 1. The number of likely N-dealkylation sites (N-methyl/N-ethyl adjacent to an activating group) is 1. The van der Waals surface area contributed by atoms with Crippen molar-refractivity contribution in [1.29, 1.82) is 0 Å². The van der Waals surface area contributed by atoms with Crippen LogP contribution in [0.2, 0.25) is 0 Å². The highest BCUT2D eigenvalue weighted by Gasteiger charge is 2.39. The summed E-state index contributed by atoms with van der Waals surface area (Å²) in [6.07, 6.45) is 6.97. The monoisotopic (exact) mass is 277 g/mol. The molecule has 0 amide bonds. The number of halogens is 1. The summed E-state index contributed by atoms with van der Waals surface area (Å²) in [6, 6.07) is 6.29. The first-order valence-electron chi connectivity index (χ1n) is 7.50. The van der Waals surface area contributed by atoms with Crippen LogP contribution in [0.1, 0.15) is 44.1 Å². The third kappa shape index (κ3) is 3.26. The summed E-state index contributed by atoms with van der Waals surface area (Å²) in [4.78, 5) is 14.9. The Bertz CT molecular complexity index is 445. The number of hydrogen-bond donors (Lipinski definition) is 0. The van der Waals surface area contributed by atoms with Crippen LogP contribution < -0.4 is 0 Å². The lowest BCUT2D eigenvalue weighted by Gasteiger charge is -2.38. The van der Waals surface area contributed by atoms with E-state index in [1.54, 1.807) is 12.1 Å². The van der Waals surface area contributed by atoms with Gasteiger partial charge in [-0.25, -0.2) is 4.39 Å². The first-order chi connectivity index (χ1) is 9.54. The molecule has 1 saturated carbocycles. The molecule has 110 valence electrons. The Morgan fingerprint density at radius 3 is 2.15 bits per heavy atom. The number of carbonyl (C=O) groups is 1. The fourth-order valence-electron chi connectivity index (χ4n) is 3.24. The fourth-order valence-corrected chi connectivity index (χ4v) is 3.24. The molecule has 0 heterocycles. The van der Waals surface area contributed by atoms with Gasteiger partial charge in [0.25, 0.3) is 0 Å². The van der Waals surface area contributed by atoms with Crippen LogP contribution in [0.5, 0.6) is 0 Å². The van der Waals surface area contributed by atoms with Gasteiger partial charge in [0.15, 0.2) is 5.78 Å². The van der Waals surface area contributed by atoms with Crippen LogP contribution in [0, 0.1) is 5.82 Å². The van der Waals surface area contributed by atoms with Crippen LogP contribution in [0.15, 0.2) is 24.3 Å². The van der Waals surface area contributed by atoms with Crippen LogP contribution in [-0.2, 0) is 11.2 Å². The molecule has 0 spiro atoms. The van der Waals surface area contributed by atoms with Gasteiger partial charge in [0, 0.05) is 6.42 Å². The number of ketones is 1. The second kappa shape index (κ2) is 6.49. The Kier molecular flexibility index (Phi) is 4.92. The molecule has 0 atom stereocenters. The van der Waals surface area contributed by atoms with E-state index in [-0.39, 0.29) is 17.1 Å². The van der Waals surface area contributed by atoms with Gasteiger partial charge in [-0.2, -0.15) is 0 Å². The predicted molar refractivity (Wildman–Crippen MR) is 79.2 cm³/mol. The fraction of sp³-hybridized carbons (Fsp3) is 0.588. The van der Waals surface area contributed by atoms with E-state index in [1.807, 2.05) is 14.1 Å². The molecule has 0 unspecified atom stereocenters. The summed E-state index contributed by atoms with van der Waals surface area (Å²) < 4.78 is 12.9. The lowest BCUT2D eigenvalue weighted by atomic mass is 9.82. The zero-order chi connectivity index (χ0) is 14.6. The van der Waals surface area contributed by atoms with Gasteiger partial charge in [-0.15, -0.1) is 0 Å². The molecule has 1 aromatic carbocycles. The molecule has 1 fully saturated rings. The standard InChI is InChI=1S/C17H24FNO/c1-19(2)17(11-5-3-4-6-12-17)16(20)13-14-7-9-15(18)10-8-14/h7-10H,3-6,11-13H2,1-2H3. The topological polar surface area (TPSA) is 20.3 Å². The van der Waals surface area contributed by atoms with Crippen LogP contribution in [-0.4, -0.2) is 30.3 Å². The molecule has 1 aliphatic rings. The van der Waals surface area contributed by atoms with Gasteiger partial charge >= 0.3 is 0 Å². The molecule has 2 rings (SSSR count). The molecular weight excluding hydrogens is 253 g/mol. The summed E-state index contributed by atoms with van der Waals surface area (Å²) in [6.45, 7) is 0. The van der Waals surface area contributed by atoms with E-state index >= 15 is 0 Å². The van der Waals surface area contributed by atoms with E-state index in [2.05, 4.69) is 4.90 Å². The Morgan fingerprint density at radius 2 is 1.65 bits per heavy atom. The van der Waals surface area contributed by atoms with Crippen molar-refractivity contribution in [2.75, 3.05) is 14.1 Å². The average molecular weight is 277 g/mol. The summed E-state index contributed by atoms with van der Waals surface area (Å²) in [5, 5.41) is 0. The highest BCUT2D eigenvalue weighted by atomic mass is 19.1. The molecule has 0 aliphatic heterocycles. The molecule has 3 heteroatoms. The van der Waals surface area contributed by atoms with E-state index in [0.717, 1.165) is 31.2 Å². The SMILES string of the molecule is CN(C)C1(C(=O)Cc2ccc(F)cc2)CCCCCC1. The second-order valence-electron chi connectivity index (χ2n) is 6.07. The minimum absolute atomic E-state index is 0.252. The van der Waals surface area contributed by atoms with Crippen molar-refractivity contribution < 1.29 is 9.18 Å². The quantitative estimate of drug-likeness (QED) is 0.784. The second-order valence-corrected chi connectivity index (χ2v) is 6.07. The number of hydrogen-bond acceptors (Lipinski definition) is 2. The number of Topliss-reactive ketones (excluding diaryl/α,β-unsaturated/α-hetero) is 1. The van der Waals surface area contributed by atoms with Gasteiger partial charge < -0.3 is 0 Å². The third-order valence-electron chi connectivity index (χ3n) is 4.58. The van der Waals surface area contributed by atoms with Crippen molar-refractivity contribution in [1.82, 2.24) is 4.90 Å². The van der Waals surface area contributed by atoms with Crippen molar-refractivity contribution >= 4 is 5.78 Å². The maximum atomic E-state index is 12.9. The largest absolute Gasteiger partial charge is 0.297 e. The van der Waals surface area contributed by atoms with Crippen molar-refractivity contribution in [2.45, 2.75) is 50.5 Å². The van der Waals surface area contributed by atoms with Gasteiger partial charge in [0.1, 0.15) is 5.82 Å². The van der Waals surface area contributed by atoms with Gasteiger partial charge in [0.2, 0.25) is 0 Å². The molecule has 1 aromatic rings. The molecule has 0 bridgehead atoms. The van der Waals surface area contributed by atoms with E-state index in [1.165, 1.54) is 25.0 Å². The highest BCUT2D eigenvalue weighted by Crippen LogP contribution is 2.33. The Hall–Kier alpha value is -1.22. The third-order valence-corrected chi connectivity index (χ3v) is 4.58. The molecule has 0 N–H and O–H groups in total. The lowest BCUT2D eigenvalue weighted by molar-refractivity contribution is -0.130. The number of nitrogens with zero attached hydrogens (tertiary/aromatic N) is 1. The van der Waals surface area contributed by atoms with Crippen LogP contribution >= 0.6 is 0 Å². The normalized spacial score (nSPS) is 18.8. The van der Waals surface area contributed by atoms with Crippen molar-refractivity contribution in [3.05, 3.63) is 35.6 Å².